The molecule has 1 N–H and O–H groups in total. The third-order valence-corrected chi connectivity index (χ3v) is 3.89. The third kappa shape index (κ3) is 1.74. The zero-order valence-electron chi connectivity index (χ0n) is 10.5. The van der Waals surface area contributed by atoms with Crippen LogP contribution in [0.15, 0.2) is 18.2 Å². The summed E-state index contributed by atoms with van der Waals surface area (Å²) in [5.41, 5.74) is 2.13. The number of methoxy groups -OCH3 is 1. The molecule has 1 saturated heterocycles. The molecule has 2 heterocycles. The fourth-order valence-corrected chi connectivity index (χ4v) is 2.97. The summed E-state index contributed by atoms with van der Waals surface area (Å²) in [6, 6.07) is 6.30. The first-order valence-corrected chi connectivity index (χ1v) is 6.51. The van der Waals surface area contributed by atoms with Gasteiger partial charge >= 0.3 is 0 Å². The fourth-order valence-electron chi connectivity index (χ4n) is 2.63. The van der Waals surface area contributed by atoms with E-state index in [9.17, 15) is 0 Å². The molecule has 2 atom stereocenters. The van der Waals surface area contributed by atoms with Crippen LogP contribution in [0.2, 0.25) is 0 Å². The molecule has 18 heavy (non-hydrogen) atoms. The number of aromatic amines is 1. The zero-order valence-corrected chi connectivity index (χ0v) is 11.3. The molecule has 0 spiro atoms. The molecule has 3 rings (SSSR count). The molecule has 0 bridgehead atoms. The Morgan fingerprint density at radius 2 is 2.33 bits per heavy atom. The quantitative estimate of drug-likeness (QED) is 0.847. The molecular formula is C13H16N2O2S. The van der Waals surface area contributed by atoms with Crippen molar-refractivity contribution in [3.63, 3.8) is 0 Å². The lowest BCUT2D eigenvalue weighted by atomic mass is 10.1. The predicted octanol–water partition coefficient (Wildman–Crippen LogP) is 3.06. The number of hydrogen-bond donors (Lipinski definition) is 1. The highest BCUT2D eigenvalue weighted by atomic mass is 32.1. The standard InChI is InChI=1S/C13H16N2O2S/c1-8-11(5-6-17-8)15-12-4-3-9(16-2)7-10(12)14-13(15)18/h3-4,7-8,11H,5-6H2,1-2H3,(H,14,18). The molecule has 1 aromatic carbocycles. The number of fused-ring (bicyclic) bond motifs is 1. The van der Waals surface area contributed by atoms with Crippen molar-refractivity contribution in [2.45, 2.75) is 25.5 Å². The van der Waals surface area contributed by atoms with Crippen molar-refractivity contribution >= 4 is 23.3 Å². The average Bonchev–Trinajstić information content (AvgIpc) is 2.90. The first-order valence-electron chi connectivity index (χ1n) is 6.10. The van der Waals surface area contributed by atoms with Gasteiger partial charge < -0.3 is 19.0 Å². The molecule has 4 nitrogen and oxygen atoms in total. The Morgan fingerprint density at radius 1 is 1.50 bits per heavy atom. The van der Waals surface area contributed by atoms with Crippen LogP contribution in [-0.4, -0.2) is 29.4 Å². The van der Waals surface area contributed by atoms with Crippen molar-refractivity contribution in [2.75, 3.05) is 13.7 Å². The Bertz CT molecular complexity index is 631. The molecule has 1 aliphatic heterocycles. The molecule has 1 aromatic heterocycles. The van der Waals surface area contributed by atoms with E-state index in [4.69, 9.17) is 21.7 Å². The van der Waals surface area contributed by atoms with E-state index in [0.29, 0.717) is 6.04 Å². The van der Waals surface area contributed by atoms with Crippen LogP contribution in [0.4, 0.5) is 0 Å². The monoisotopic (exact) mass is 264 g/mol. The number of aromatic nitrogens is 2. The first-order chi connectivity index (χ1) is 8.70. The van der Waals surface area contributed by atoms with Crippen molar-refractivity contribution in [1.29, 1.82) is 0 Å². The van der Waals surface area contributed by atoms with Crippen LogP contribution in [0.25, 0.3) is 11.0 Å². The lowest BCUT2D eigenvalue weighted by molar-refractivity contribution is 0.108. The van der Waals surface area contributed by atoms with Gasteiger partial charge in [-0.3, -0.25) is 0 Å². The van der Waals surface area contributed by atoms with Gasteiger partial charge in [-0.2, -0.15) is 0 Å². The minimum Gasteiger partial charge on any atom is -0.497 e. The van der Waals surface area contributed by atoms with Crippen LogP contribution in [0, 0.1) is 4.77 Å². The van der Waals surface area contributed by atoms with Crippen LogP contribution in [0.3, 0.4) is 0 Å². The van der Waals surface area contributed by atoms with Crippen molar-refractivity contribution in [3.05, 3.63) is 23.0 Å². The second-order valence-electron chi connectivity index (χ2n) is 4.62. The number of benzene rings is 1. The topological polar surface area (TPSA) is 39.2 Å². The average molecular weight is 264 g/mol. The van der Waals surface area contributed by atoms with E-state index in [1.54, 1.807) is 7.11 Å². The molecule has 2 unspecified atom stereocenters. The summed E-state index contributed by atoms with van der Waals surface area (Å²) >= 11 is 5.43. The summed E-state index contributed by atoms with van der Waals surface area (Å²) in [7, 11) is 1.67. The number of hydrogen-bond acceptors (Lipinski definition) is 3. The summed E-state index contributed by atoms with van der Waals surface area (Å²) < 4.78 is 13.8. The molecule has 1 aliphatic rings. The maximum Gasteiger partial charge on any atom is 0.178 e. The normalized spacial score (nSPS) is 23.7. The highest BCUT2D eigenvalue weighted by Crippen LogP contribution is 2.31. The van der Waals surface area contributed by atoms with E-state index < -0.39 is 0 Å². The lowest BCUT2D eigenvalue weighted by Gasteiger charge is -2.16. The molecule has 5 heteroatoms. The smallest absolute Gasteiger partial charge is 0.178 e. The lowest BCUT2D eigenvalue weighted by Crippen LogP contribution is -2.16. The van der Waals surface area contributed by atoms with Crippen LogP contribution in [0.5, 0.6) is 5.75 Å². The number of ether oxygens (including phenoxy) is 2. The number of imidazole rings is 1. The van der Waals surface area contributed by atoms with Gasteiger partial charge in [-0.15, -0.1) is 0 Å². The van der Waals surface area contributed by atoms with Crippen molar-refractivity contribution in [2.24, 2.45) is 0 Å². The second kappa shape index (κ2) is 4.40. The number of rotatable bonds is 2. The Hall–Kier alpha value is -1.33. The molecular weight excluding hydrogens is 248 g/mol. The first kappa shape index (κ1) is 11.7. The van der Waals surface area contributed by atoms with Gasteiger partial charge in [-0.25, -0.2) is 0 Å². The predicted molar refractivity (Wildman–Crippen MR) is 72.7 cm³/mol. The van der Waals surface area contributed by atoms with Gasteiger partial charge in [0, 0.05) is 12.7 Å². The van der Waals surface area contributed by atoms with Gasteiger partial charge in [-0.1, -0.05) is 0 Å². The van der Waals surface area contributed by atoms with Crippen LogP contribution in [0.1, 0.15) is 19.4 Å². The molecule has 0 amide bonds. The molecule has 0 saturated carbocycles. The summed E-state index contributed by atoms with van der Waals surface area (Å²) in [5, 5.41) is 0. The van der Waals surface area contributed by atoms with E-state index in [2.05, 4.69) is 16.5 Å². The minimum absolute atomic E-state index is 0.206. The maximum absolute atomic E-state index is 5.63. The van der Waals surface area contributed by atoms with E-state index in [-0.39, 0.29) is 6.10 Å². The largest absolute Gasteiger partial charge is 0.497 e. The van der Waals surface area contributed by atoms with E-state index in [1.807, 2.05) is 18.2 Å². The Labute approximate surface area is 111 Å². The number of nitrogens with one attached hydrogen (secondary N) is 1. The summed E-state index contributed by atoms with van der Waals surface area (Å²) in [5.74, 6) is 0.835. The van der Waals surface area contributed by atoms with Crippen LogP contribution in [-0.2, 0) is 4.74 Å². The molecule has 0 aliphatic carbocycles. The van der Waals surface area contributed by atoms with Crippen LogP contribution < -0.4 is 4.74 Å². The summed E-state index contributed by atoms with van der Waals surface area (Å²) in [6.07, 6.45) is 1.21. The Morgan fingerprint density at radius 3 is 3.00 bits per heavy atom. The number of nitrogens with zero attached hydrogens (tertiary/aromatic N) is 1. The van der Waals surface area contributed by atoms with E-state index in [1.165, 1.54) is 0 Å². The number of H-pyrrole nitrogens is 1. The van der Waals surface area contributed by atoms with E-state index in [0.717, 1.165) is 34.6 Å². The second-order valence-corrected chi connectivity index (χ2v) is 5.00. The fraction of sp³-hybridized carbons (Fsp3) is 0.462. The van der Waals surface area contributed by atoms with Gasteiger partial charge in [0.2, 0.25) is 0 Å². The van der Waals surface area contributed by atoms with Gasteiger partial charge in [0.1, 0.15) is 5.75 Å². The van der Waals surface area contributed by atoms with Gasteiger partial charge in [0.05, 0.1) is 30.3 Å². The Balaban J connectivity index is 2.17. The molecule has 2 aromatic rings. The summed E-state index contributed by atoms with van der Waals surface area (Å²) in [4.78, 5) is 3.24. The zero-order chi connectivity index (χ0) is 12.7. The minimum atomic E-state index is 0.206. The van der Waals surface area contributed by atoms with Gasteiger partial charge in [0.25, 0.3) is 0 Å². The molecule has 0 radical (unpaired) electrons. The SMILES string of the molecule is COc1ccc2c(c1)[nH]c(=S)n2C1CCOC1C. The third-order valence-electron chi connectivity index (χ3n) is 3.59. The highest BCUT2D eigenvalue weighted by molar-refractivity contribution is 7.71. The molecule has 96 valence electrons. The van der Waals surface area contributed by atoms with Gasteiger partial charge in [0.15, 0.2) is 4.77 Å². The summed E-state index contributed by atoms with van der Waals surface area (Å²) in [6.45, 7) is 2.90. The Kier molecular flexibility index (Phi) is 2.87. The molecule has 1 fully saturated rings. The van der Waals surface area contributed by atoms with E-state index >= 15 is 0 Å². The van der Waals surface area contributed by atoms with Crippen LogP contribution >= 0.6 is 12.2 Å². The van der Waals surface area contributed by atoms with Gasteiger partial charge in [-0.05, 0) is 37.7 Å². The van der Waals surface area contributed by atoms with Crippen molar-refractivity contribution < 1.29 is 9.47 Å². The highest BCUT2D eigenvalue weighted by Gasteiger charge is 2.27. The van der Waals surface area contributed by atoms with Crippen molar-refractivity contribution in [3.8, 4) is 5.75 Å². The maximum atomic E-state index is 5.63. The van der Waals surface area contributed by atoms with Crippen molar-refractivity contribution in [1.82, 2.24) is 9.55 Å².